The van der Waals surface area contributed by atoms with E-state index in [1.807, 2.05) is 0 Å². The molecule has 0 unspecified atom stereocenters. The first kappa shape index (κ1) is 16.4. The van der Waals surface area contributed by atoms with Gasteiger partial charge < -0.3 is 9.88 Å². The van der Waals surface area contributed by atoms with Crippen molar-refractivity contribution in [2.24, 2.45) is 0 Å². The molecule has 0 aliphatic heterocycles. The van der Waals surface area contributed by atoms with Gasteiger partial charge in [-0.3, -0.25) is 9.59 Å². The number of pyridine rings is 1. The molecule has 0 bridgehead atoms. The van der Waals surface area contributed by atoms with Gasteiger partial charge in [0.15, 0.2) is 5.43 Å². The zero-order valence-electron chi connectivity index (χ0n) is 13.6. The van der Waals surface area contributed by atoms with E-state index in [-0.39, 0.29) is 23.3 Å². The highest BCUT2D eigenvalue weighted by Gasteiger charge is 2.09. The molecule has 1 heterocycles. The van der Waals surface area contributed by atoms with Gasteiger partial charge in [0.05, 0.1) is 5.52 Å². The van der Waals surface area contributed by atoms with E-state index in [0.717, 1.165) is 19.3 Å². The van der Waals surface area contributed by atoms with Crippen LogP contribution < -0.4 is 10.7 Å². The predicted octanol–water partition coefficient (Wildman–Crippen LogP) is 3.15. The summed E-state index contributed by atoms with van der Waals surface area (Å²) < 4.78 is 15.0. The molecule has 0 saturated heterocycles. The minimum Gasteiger partial charge on any atom is -0.354 e. The number of nitrogens with zero attached hydrogens (tertiary/aromatic N) is 1. The van der Waals surface area contributed by atoms with Gasteiger partial charge in [-0.2, -0.15) is 0 Å². The standard InChI is InChI=1S/C19H21FN2O2/c20-15-6-7-17-16(12-15)18(23)9-11-22(17)13-19(24)21-10-8-14-4-2-1-3-5-14/h4,6-7,9,11-12H,1-3,5,8,10,13H2,(H,21,24). The fourth-order valence-corrected chi connectivity index (χ4v) is 3.13. The molecule has 24 heavy (non-hydrogen) atoms. The molecular weight excluding hydrogens is 307 g/mol. The van der Waals surface area contributed by atoms with Crippen molar-refractivity contribution in [3.8, 4) is 0 Å². The first-order valence-corrected chi connectivity index (χ1v) is 8.37. The van der Waals surface area contributed by atoms with Gasteiger partial charge >= 0.3 is 0 Å². The lowest BCUT2D eigenvalue weighted by molar-refractivity contribution is -0.121. The number of amides is 1. The summed E-state index contributed by atoms with van der Waals surface area (Å²) >= 11 is 0. The van der Waals surface area contributed by atoms with Gasteiger partial charge in [-0.25, -0.2) is 4.39 Å². The van der Waals surface area contributed by atoms with Crippen LogP contribution in [0.4, 0.5) is 4.39 Å². The maximum absolute atomic E-state index is 13.3. The van der Waals surface area contributed by atoms with Gasteiger partial charge in [0.25, 0.3) is 0 Å². The summed E-state index contributed by atoms with van der Waals surface area (Å²) in [4.78, 5) is 24.0. The minimum atomic E-state index is -0.456. The summed E-state index contributed by atoms with van der Waals surface area (Å²) in [7, 11) is 0. The normalized spacial score (nSPS) is 14.5. The van der Waals surface area contributed by atoms with Gasteiger partial charge in [-0.05, 0) is 50.3 Å². The van der Waals surface area contributed by atoms with E-state index < -0.39 is 5.82 Å². The average Bonchev–Trinajstić information content (AvgIpc) is 2.58. The van der Waals surface area contributed by atoms with E-state index in [2.05, 4.69) is 11.4 Å². The van der Waals surface area contributed by atoms with E-state index >= 15 is 0 Å². The van der Waals surface area contributed by atoms with Crippen LogP contribution in [-0.4, -0.2) is 17.0 Å². The Morgan fingerprint density at radius 3 is 2.92 bits per heavy atom. The fraction of sp³-hybridized carbons (Fsp3) is 0.368. The third kappa shape index (κ3) is 3.91. The molecule has 1 aliphatic rings. The second kappa shape index (κ2) is 7.43. The Morgan fingerprint density at radius 1 is 1.25 bits per heavy atom. The highest BCUT2D eigenvalue weighted by Crippen LogP contribution is 2.19. The van der Waals surface area contributed by atoms with Gasteiger partial charge in [0.2, 0.25) is 5.91 Å². The smallest absolute Gasteiger partial charge is 0.239 e. The largest absolute Gasteiger partial charge is 0.354 e. The topological polar surface area (TPSA) is 51.1 Å². The molecule has 2 aromatic rings. The maximum Gasteiger partial charge on any atom is 0.239 e. The molecule has 1 aliphatic carbocycles. The van der Waals surface area contributed by atoms with Crippen molar-refractivity contribution >= 4 is 16.8 Å². The SMILES string of the molecule is O=C(Cn1ccc(=O)c2cc(F)ccc21)NCCC1=CCCCC1. The number of nitrogens with one attached hydrogen (secondary N) is 1. The molecule has 1 aromatic carbocycles. The summed E-state index contributed by atoms with van der Waals surface area (Å²) in [5.74, 6) is -0.566. The van der Waals surface area contributed by atoms with Gasteiger partial charge in [-0.15, -0.1) is 0 Å². The number of halogens is 1. The van der Waals surface area contributed by atoms with E-state index in [1.54, 1.807) is 10.8 Å². The zero-order chi connectivity index (χ0) is 16.9. The van der Waals surface area contributed by atoms with Crippen molar-refractivity contribution < 1.29 is 9.18 Å². The molecule has 0 radical (unpaired) electrons. The number of allylic oxidation sites excluding steroid dienone is 1. The maximum atomic E-state index is 13.3. The number of hydrogen-bond acceptors (Lipinski definition) is 2. The van der Waals surface area contributed by atoms with E-state index in [9.17, 15) is 14.0 Å². The van der Waals surface area contributed by atoms with Crippen molar-refractivity contribution in [2.75, 3.05) is 6.54 Å². The van der Waals surface area contributed by atoms with Crippen LogP contribution in [0.2, 0.25) is 0 Å². The molecule has 1 amide bonds. The van der Waals surface area contributed by atoms with Gasteiger partial charge in [-0.1, -0.05) is 11.6 Å². The van der Waals surface area contributed by atoms with Crippen LogP contribution in [0.1, 0.15) is 32.1 Å². The predicted molar refractivity (Wildman–Crippen MR) is 92.3 cm³/mol. The molecule has 5 heteroatoms. The number of carbonyl (C=O) groups excluding carboxylic acids is 1. The second-order valence-corrected chi connectivity index (χ2v) is 6.18. The van der Waals surface area contributed by atoms with Crippen LogP contribution in [0.3, 0.4) is 0 Å². The first-order valence-electron chi connectivity index (χ1n) is 8.37. The fourth-order valence-electron chi connectivity index (χ4n) is 3.13. The van der Waals surface area contributed by atoms with E-state index in [0.29, 0.717) is 12.1 Å². The number of carbonyl (C=O) groups is 1. The lowest BCUT2D eigenvalue weighted by Gasteiger charge is -2.14. The van der Waals surface area contributed by atoms with Gasteiger partial charge in [0, 0.05) is 24.2 Å². The van der Waals surface area contributed by atoms with Crippen LogP contribution in [0.25, 0.3) is 10.9 Å². The Hall–Kier alpha value is -2.43. The monoisotopic (exact) mass is 328 g/mol. The molecule has 3 rings (SSSR count). The number of fused-ring (bicyclic) bond motifs is 1. The lowest BCUT2D eigenvalue weighted by atomic mass is 9.97. The molecule has 126 valence electrons. The third-order valence-electron chi connectivity index (χ3n) is 4.41. The molecule has 4 nitrogen and oxygen atoms in total. The number of aromatic nitrogens is 1. The summed E-state index contributed by atoms with van der Waals surface area (Å²) in [6.45, 7) is 0.735. The molecule has 0 atom stereocenters. The lowest BCUT2D eigenvalue weighted by Crippen LogP contribution is -2.29. The quantitative estimate of drug-likeness (QED) is 0.857. The molecule has 1 aromatic heterocycles. The van der Waals surface area contributed by atoms with Gasteiger partial charge in [0.1, 0.15) is 12.4 Å². The minimum absolute atomic E-state index is 0.110. The van der Waals surface area contributed by atoms with Crippen LogP contribution in [0.15, 0.2) is 46.9 Å². The highest BCUT2D eigenvalue weighted by atomic mass is 19.1. The zero-order valence-corrected chi connectivity index (χ0v) is 13.6. The van der Waals surface area contributed by atoms with Crippen LogP contribution >= 0.6 is 0 Å². The first-order chi connectivity index (χ1) is 11.6. The van der Waals surface area contributed by atoms with E-state index in [4.69, 9.17) is 0 Å². The Morgan fingerprint density at radius 2 is 2.12 bits per heavy atom. The Balaban J connectivity index is 1.64. The second-order valence-electron chi connectivity index (χ2n) is 6.18. The number of benzene rings is 1. The summed E-state index contributed by atoms with van der Waals surface area (Å²) in [5.41, 5.74) is 1.74. The molecule has 1 N–H and O–H groups in total. The van der Waals surface area contributed by atoms with Crippen molar-refractivity contribution in [3.63, 3.8) is 0 Å². The third-order valence-corrected chi connectivity index (χ3v) is 4.41. The van der Waals surface area contributed by atoms with Crippen molar-refractivity contribution in [1.82, 2.24) is 9.88 Å². The molecule has 0 saturated carbocycles. The molecular formula is C19H21FN2O2. The van der Waals surface area contributed by atoms with E-state index in [1.165, 1.54) is 42.7 Å². The Bertz CT molecular complexity index is 839. The number of hydrogen-bond donors (Lipinski definition) is 1. The van der Waals surface area contributed by atoms with Crippen molar-refractivity contribution in [3.05, 3.63) is 58.2 Å². The van der Waals surface area contributed by atoms with Crippen LogP contribution in [0, 0.1) is 5.82 Å². The number of rotatable bonds is 5. The Labute approximate surface area is 140 Å². The summed E-state index contributed by atoms with van der Waals surface area (Å²) in [6, 6.07) is 5.40. The highest BCUT2D eigenvalue weighted by molar-refractivity contribution is 5.82. The molecule has 0 spiro atoms. The summed E-state index contributed by atoms with van der Waals surface area (Å²) in [6.07, 6.45) is 9.51. The van der Waals surface area contributed by atoms with Crippen LogP contribution in [0.5, 0.6) is 0 Å². The Kier molecular flexibility index (Phi) is 5.08. The molecule has 0 fully saturated rings. The van der Waals surface area contributed by atoms with Crippen LogP contribution in [-0.2, 0) is 11.3 Å². The van der Waals surface area contributed by atoms with Crippen molar-refractivity contribution in [2.45, 2.75) is 38.6 Å². The average molecular weight is 328 g/mol. The summed E-state index contributed by atoms with van der Waals surface area (Å²) in [5, 5.41) is 3.21. The van der Waals surface area contributed by atoms with Crippen molar-refractivity contribution in [1.29, 1.82) is 0 Å².